The van der Waals surface area contributed by atoms with Gasteiger partial charge in [0.25, 0.3) is 0 Å². The maximum Gasteiger partial charge on any atom is 0.149 e. The molecule has 0 saturated heterocycles. The zero-order chi connectivity index (χ0) is 10.7. The van der Waals surface area contributed by atoms with Crippen LogP contribution in [-0.2, 0) is 0 Å². The van der Waals surface area contributed by atoms with E-state index >= 15 is 0 Å². The minimum Gasteiger partial charge on any atom is -0.382 e. The molecule has 6 nitrogen and oxygen atoms in total. The van der Waals surface area contributed by atoms with Crippen molar-refractivity contribution in [2.75, 3.05) is 11.1 Å². The second-order valence-corrected chi connectivity index (χ2v) is 3.18. The van der Waals surface area contributed by atoms with Crippen LogP contribution in [0.5, 0.6) is 0 Å². The molecule has 1 atom stereocenters. The number of nitrogens with one attached hydrogen (secondary N) is 2. The fourth-order valence-electron chi connectivity index (χ4n) is 1.22. The van der Waals surface area contributed by atoms with Gasteiger partial charge in [-0.1, -0.05) is 0 Å². The van der Waals surface area contributed by atoms with Crippen LogP contribution in [0, 0.1) is 0 Å². The first kappa shape index (κ1) is 9.45. The normalized spacial score (nSPS) is 12.3. The van der Waals surface area contributed by atoms with E-state index < -0.39 is 0 Å². The lowest BCUT2D eigenvalue weighted by atomic mass is 10.3. The van der Waals surface area contributed by atoms with E-state index in [4.69, 9.17) is 5.73 Å². The Morgan fingerprint density at radius 1 is 1.40 bits per heavy atom. The summed E-state index contributed by atoms with van der Waals surface area (Å²) < 4.78 is 0. The summed E-state index contributed by atoms with van der Waals surface area (Å²) in [7, 11) is 0. The van der Waals surface area contributed by atoms with Gasteiger partial charge in [0, 0.05) is 12.4 Å². The molecule has 0 aliphatic heterocycles. The quantitative estimate of drug-likeness (QED) is 0.692. The van der Waals surface area contributed by atoms with Crippen molar-refractivity contribution < 1.29 is 0 Å². The molecule has 2 heterocycles. The second-order valence-electron chi connectivity index (χ2n) is 3.18. The molecule has 0 aromatic carbocycles. The molecule has 0 aliphatic carbocycles. The van der Waals surface area contributed by atoms with Crippen molar-refractivity contribution in [2.45, 2.75) is 13.0 Å². The van der Waals surface area contributed by atoms with Crippen molar-refractivity contribution in [1.82, 2.24) is 20.2 Å². The van der Waals surface area contributed by atoms with E-state index in [0.717, 1.165) is 5.82 Å². The fourth-order valence-corrected chi connectivity index (χ4v) is 1.22. The summed E-state index contributed by atoms with van der Waals surface area (Å²) in [5.74, 6) is 1.94. The molecular weight excluding hydrogens is 192 g/mol. The highest BCUT2D eigenvalue weighted by Crippen LogP contribution is 2.13. The van der Waals surface area contributed by atoms with Crippen LogP contribution in [0.4, 0.5) is 11.6 Å². The van der Waals surface area contributed by atoms with Gasteiger partial charge >= 0.3 is 0 Å². The maximum atomic E-state index is 5.43. The van der Waals surface area contributed by atoms with Gasteiger partial charge in [0.2, 0.25) is 0 Å². The molecule has 0 spiro atoms. The lowest BCUT2D eigenvalue weighted by Crippen LogP contribution is -2.10. The van der Waals surface area contributed by atoms with Crippen molar-refractivity contribution in [3.63, 3.8) is 0 Å². The van der Waals surface area contributed by atoms with Gasteiger partial charge in [-0.3, -0.25) is 0 Å². The van der Waals surface area contributed by atoms with E-state index in [1.165, 1.54) is 0 Å². The molecule has 0 amide bonds. The summed E-state index contributed by atoms with van der Waals surface area (Å²) in [6.45, 7) is 1.98. The first-order chi connectivity index (χ1) is 7.25. The first-order valence-corrected chi connectivity index (χ1v) is 4.61. The summed E-state index contributed by atoms with van der Waals surface area (Å²) in [5, 5.41) is 10.8. The number of aromatic amines is 1. The van der Waals surface area contributed by atoms with Gasteiger partial charge in [-0.15, -0.1) is 10.2 Å². The molecule has 6 heteroatoms. The minimum atomic E-state index is 0.0536. The average Bonchev–Trinajstić information content (AvgIpc) is 2.74. The highest BCUT2D eigenvalue weighted by molar-refractivity contribution is 5.39. The van der Waals surface area contributed by atoms with Crippen LogP contribution >= 0.6 is 0 Å². The molecular formula is C9H12N6. The van der Waals surface area contributed by atoms with Gasteiger partial charge in [0.15, 0.2) is 0 Å². The third-order valence-electron chi connectivity index (χ3n) is 1.98. The SMILES string of the molecule is CC(Nc1ccc(N)nn1)c1ncc[nH]1. The van der Waals surface area contributed by atoms with E-state index in [1.807, 2.05) is 6.92 Å². The zero-order valence-electron chi connectivity index (χ0n) is 8.31. The van der Waals surface area contributed by atoms with Gasteiger partial charge in [0.1, 0.15) is 17.5 Å². The minimum absolute atomic E-state index is 0.0536. The number of nitrogens with two attached hydrogens (primary N) is 1. The van der Waals surface area contributed by atoms with Crippen LogP contribution in [0.25, 0.3) is 0 Å². The molecule has 0 aliphatic rings. The summed E-state index contributed by atoms with van der Waals surface area (Å²) in [5.41, 5.74) is 5.43. The van der Waals surface area contributed by atoms with Crippen molar-refractivity contribution in [2.24, 2.45) is 0 Å². The molecule has 4 N–H and O–H groups in total. The third-order valence-corrected chi connectivity index (χ3v) is 1.98. The number of H-pyrrole nitrogens is 1. The number of rotatable bonds is 3. The van der Waals surface area contributed by atoms with E-state index in [0.29, 0.717) is 11.6 Å². The summed E-state index contributed by atoms with van der Waals surface area (Å²) >= 11 is 0. The number of aromatic nitrogens is 4. The highest BCUT2D eigenvalue weighted by Gasteiger charge is 2.07. The molecule has 0 fully saturated rings. The number of nitrogens with zero attached hydrogens (tertiary/aromatic N) is 3. The number of anilines is 2. The van der Waals surface area contributed by atoms with Crippen molar-refractivity contribution in [1.29, 1.82) is 0 Å². The van der Waals surface area contributed by atoms with E-state index in [2.05, 4.69) is 25.5 Å². The van der Waals surface area contributed by atoms with Crippen LogP contribution in [0.3, 0.4) is 0 Å². The van der Waals surface area contributed by atoms with Crippen LogP contribution in [0.1, 0.15) is 18.8 Å². The fraction of sp³-hybridized carbons (Fsp3) is 0.222. The second kappa shape index (κ2) is 3.95. The molecule has 78 valence electrons. The Labute approximate surface area is 86.9 Å². The van der Waals surface area contributed by atoms with Crippen molar-refractivity contribution in [3.05, 3.63) is 30.4 Å². The van der Waals surface area contributed by atoms with Gasteiger partial charge in [0.05, 0.1) is 6.04 Å². The van der Waals surface area contributed by atoms with E-state index in [-0.39, 0.29) is 6.04 Å². The van der Waals surface area contributed by atoms with Gasteiger partial charge in [-0.25, -0.2) is 4.98 Å². The molecule has 1 unspecified atom stereocenters. The van der Waals surface area contributed by atoms with E-state index in [9.17, 15) is 0 Å². The maximum absolute atomic E-state index is 5.43. The van der Waals surface area contributed by atoms with Crippen molar-refractivity contribution >= 4 is 11.6 Å². The predicted octanol–water partition coefficient (Wildman–Crippen LogP) is 0.955. The predicted molar refractivity (Wildman–Crippen MR) is 57.1 cm³/mol. The Kier molecular flexibility index (Phi) is 2.49. The molecule has 0 radical (unpaired) electrons. The van der Waals surface area contributed by atoms with Crippen LogP contribution in [0.15, 0.2) is 24.5 Å². The Morgan fingerprint density at radius 3 is 2.87 bits per heavy atom. The average molecular weight is 204 g/mol. The monoisotopic (exact) mass is 204 g/mol. The van der Waals surface area contributed by atoms with Gasteiger partial charge in [-0.05, 0) is 19.1 Å². The number of hydrogen-bond donors (Lipinski definition) is 3. The highest BCUT2D eigenvalue weighted by atomic mass is 15.2. The van der Waals surface area contributed by atoms with Gasteiger partial charge < -0.3 is 16.0 Å². The molecule has 2 aromatic heterocycles. The number of imidazole rings is 1. The molecule has 0 bridgehead atoms. The van der Waals surface area contributed by atoms with Gasteiger partial charge in [-0.2, -0.15) is 0 Å². The largest absolute Gasteiger partial charge is 0.382 e. The smallest absolute Gasteiger partial charge is 0.149 e. The van der Waals surface area contributed by atoms with Crippen molar-refractivity contribution in [3.8, 4) is 0 Å². The summed E-state index contributed by atoms with van der Waals surface area (Å²) in [6.07, 6.45) is 3.49. The number of nitrogen functional groups attached to an aromatic ring is 1. The van der Waals surface area contributed by atoms with Crippen LogP contribution in [0.2, 0.25) is 0 Å². The lowest BCUT2D eigenvalue weighted by Gasteiger charge is -2.11. The number of hydrogen-bond acceptors (Lipinski definition) is 5. The van der Waals surface area contributed by atoms with Crippen LogP contribution in [-0.4, -0.2) is 20.2 Å². The van der Waals surface area contributed by atoms with Crippen LogP contribution < -0.4 is 11.1 Å². The van der Waals surface area contributed by atoms with E-state index in [1.54, 1.807) is 24.5 Å². The standard InChI is InChI=1S/C9H12N6/c1-6(9-11-4-5-12-9)13-8-3-2-7(10)14-15-8/h2-6H,1H3,(H2,10,14)(H,11,12)(H,13,15). The molecule has 2 rings (SSSR count). The zero-order valence-corrected chi connectivity index (χ0v) is 8.31. The first-order valence-electron chi connectivity index (χ1n) is 4.61. The molecule has 0 saturated carbocycles. The Morgan fingerprint density at radius 2 is 2.27 bits per heavy atom. The topological polar surface area (TPSA) is 92.5 Å². The Bertz CT molecular complexity index is 407. The lowest BCUT2D eigenvalue weighted by molar-refractivity contribution is 0.798. The Balaban J connectivity index is 2.06. The summed E-state index contributed by atoms with van der Waals surface area (Å²) in [4.78, 5) is 7.16. The Hall–Kier alpha value is -2.11. The third kappa shape index (κ3) is 2.22. The molecule has 2 aromatic rings. The molecule has 15 heavy (non-hydrogen) atoms. The summed E-state index contributed by atoms with van der Waals surface area (Å²) in [6, 6.07) is 3.53.